The van der Waals surface area contributed by atoms with Crippen molar-refractivity contribution in [3.05, 3.63) is 70.8 Å². The van der Waals surface area contributed by atoms with E-state index in [4.69, 9.17) is 14.6 Å². The Kier molecular flexibility index (Phi) is 14.3. The Morgan fingerprint density at radius 2 is 1.45 bits per heavy atom. The summed E-state index contributed by atoms with van der Waals surface area (Å²) in [6.45, 7) is 5.20. The fraction of sp³-hybridized carbons (Fsp3) is 0.484. The van der Waals surface area contributed by atoms with Gasteiger partial charge in [0.2, 0.25) is 6.10 Å². The number of unbranched alkanes of at least 4 members (excludes halogenated alkanes) is 6. The van der Waals surface area contributed by atoms with E-state index < -0.39 is 29.8 Å². The van der Waals surface area contributed by atoms with Crippen LogP contribution in [0, 0.1) is 11.8 Å². The van der Waals surface area contributed by atoms with Crippen molar-refractivity contribution in [2.45, 2.75) is 97.5 Å². The highest BCUT2D eigenvalue weighted by molar-refractivity contribution is 5.78. The van der Waals surface area contributed by atoms with Crippen molar-refractivity contribution in [2.75, 3.05) is 0 Å². The average Bonchev–Trinajstić information content (AvgIpc) is 2.92. The molecule has 0 radical (unpaired) electrons. The Hall–Kier alpha value is -3.35. The zero-order chi connectivity index (χ0) is 29.4. The van der Waals surface area contributed by atoms with Gasteiger partial charge < -0.3 is 4.74 Å². The quantitative estimate of drug-likeness (QED) is 0.0736. The molecule has 1 unspecified atom stereocenters. The molecule has 0 spiro atoms. The lowest BCUT2D eigenvalue weighted by Gasteiger charge is -2.21. The van der Waals surface area contributed by atoms with Crippen molar-refractivity contribution in [2.24, 2.45) is 0 Å². The van der Waals surface area contributed by atoms with Gasteiger partial charge in [-0.3, -0.25) is 9.68 Å². The molecule has 0 heterocycles. The number of benzene rings is 2. The van der Waals surface area contributed by atoms with Gasteiger partial charge in [0.25, 0.3) is 0 Å². The summed E-state index contributed by atoms with van der Waals surface area (Å²) in [5.41, 5.74) is 1.41. The number of hydrogen-bond acceptors (Lipinski definition) is 6. The van der Waals surface area contributed by atoms with E-state index >= 15 is 0 Å². The van der Waals surface area contributed by atoms with Crippen LogP contribution in [0.15, 0.2) is 48.5 Å². The number of nitrogens with zero attached hydrogens (tertiary/aromatic N) is 1. The van der Waals surface area contributed by atoms with Crippen molar-refractivity contribution in [1.82, 2.24) is 5.06 Å². The van der Waals surface area contributed by atoms with E-state index in [1.165, 1.54) is 56.2 Å². The molecule has 218 valence electrons. The lowest BCUT2D eigenvalue weighted by Crippen LogP contribution is -2.31. The lowest BCUT2D eigenvalue weighted by molar-refractivity contribution is -0.408. The zero-order valence-corrected chi connectivity index (χ0v) is 23.4. The normalized spacial score (nSPS) is 12.0. The number of ether oxygens (including phenoxy) is 1. The summed E-state index contributed by atoms with van der Waals surface area (Å²) in [5, 5.41) is 1.29. The summed E-state index contributed by atoms with van der Waals surface area (Å²) in [6, 6.07) is 12.1. The standard InChI is InChI=1S/C31H38F3NO5/c1-4-6-7-8-9-10-11-12-13-25-14-16-26(17-15-25)22-35(40-39-30(37)29(5-2)38-24(3)36)23-27-18-20-28(21-19-27)31(32,33)34/h14-21,29H,4-11,22-23H2,1-3H3. The fourth-order valence-electron chi connectivity index (χ4n) is 3.81. The molecule has 2 rings (SSSR count). The Balaban J connectivity index is 2.03. The van der Waals surface area contributed by atoms with Gasteiger partial charge in [-0.05, 0) is 48.2 Å². The molecule has 0 aromatic heterocycles. The number of hydroxylamine groups is 2. The first kappa shape index (κ1) is 32.9. The largest absolute Gasteiger partial charge is 0.450 e. The summed E-state index contributed by atoms with van der Waals surface area (Å²) >= 11 is 0. The van der Waals surface area contributed by atoms with Gasteiger partial charge in [-0.25, -0.2) is 4.79 Å². The van der Waals surface area contributed by atoms with Crippen molar-refractivity contribution in [3.8, 4) is 11.8 Å². The molecule has 6 nitrogen and oxygen atoms in total. The molecule has 0 aliphatic carbocycles. The van der Waals surface area contributed by atoms with E-state index in [9.17, 15) is 22.8 Å². The van der Waals surface area contributed by atoms with Crippen LogP contribution in [0.4, 0.5) is 13.2 Å². The van der Waals surface area contributed by atoms with Gasteiger partial charge in [0.15, 0.2) is 0 Å². The molecule has 0 fully saturated rings. The van der Waals surface area contributed by atoms with Crippen molar-refractivity contribution < 1.29 is 37.4 Å². The molecule has 0 N–H and O–H groups in total. The van der Waals surface area contributed by atoms with Gasteiger partial charge in [0.1, 0.15) is 0 Å². The fourth-order valence-corrected chi connectivity index (χ4v) is 3.81. The van der Waals surface area contributed by atoms with Crippen LogP contribution in [0.2, 0.25) is 0 Å². The van der Waals surface area contributed by atoms with Crippen LogP contribution >= 0.6 is 0 Å². The van der Waals surface area contributed by atoms with E-state index in [1.54, 1.807) is 6.92 Å². The summed E-state index contributed by atoms with van der Waals surface area (Å²) in [4.78, 5) is 33.8. The maximum absolute atomic E-state index is 12.9. The molecule has 1 atom stereocenters. The molecule has 0 saturated carbocycles. The molecule has 40 heavy (non-hydrogen) atoms. The van der Waals surface area contributed by atoms with Crippen LogP contribution in [-0.4, -0.2) is 23.1 Å². The van der Waals surface area contributed by atoms with Crippen molar-refractivity contribution in [3.63, 3.8) is 0 Å². The number of esters is 1. The highest BCUT2D eigenvalue weighted by Gasteiger charge is 2.30. The number of hydrogen-bond donors (Lipinski definition) is 0. The number of halogens is 3. The second-order valence-corrected chi connectivity index (χ2v) is 9.49. The Labute approximate surface area is 234 Å². The van der Waals surface area contributed by atoms with Crippen LogP contribution < -0.4 is 0 Å². The van der Waals surface area contributed by atoms with Gasteiger partial charge in [-0.15, -0.1) is 5.06 Å². The van der Waals surface area contributed by atoms with Crippen LogP contribution in [-0.2, 0) is 43.5 Å². The number of carbonyl (C=O) groups excluding carboxylic acids is 2. The average molecular weight is 562 g/mol. The number of rotatable bonds is 15. The predicted molar refractivity (Wildman–Crippen MR) is 145 cm³/mol. The topological polar surface area (TPSA) is 65.1 Å². The third-order valence-corrected chi connectivity index (χ3v) is 6.01. The summed E-state index contributed by atoms with van der Waals surface area (Å²) in [5.74, 6) is 4.83. The van der Waals surface area contributed by atoms with E-state index in [1.807, 2.05) is 24.3 Å². The monoisotopic (exact) mass is 561 g/mol. The third-order valence-electron chi connectivity index (χ3n) is 6.01. The van der Waals surface area contributed by atoms with Crippen LogP contribution in [0.25, 0.3) is 0 Å². The third kappa shape index (κ3) is 12.7. The predicted octanol–water partition coefficient (Wildman–Crippen LogP) is 7.54. The van der Waals surface area contributed by atoms with Crippen molar-refractivity contribution in [1.29, 1.82) is 0 Å². The molecule has 0 aliphatic rings. The first-order valence-electron chi connectivity index (χ1n) is 13.7. The van der Waals surface area contributed by atoms with E-state index in [0.29, 0.717) is 5.56 Å². The van der Waals surface area contributed by atoms with E-state index in [2.05, 4.69) is 18.8 Å². The summed E-state index contributed by atoms with van der Waals surface area (Å²) in [6.07, 6.45) is 2.74. The summed E-state index contributed by atoms with van der Waals surface area (Å²) in [7, 11) is 0. The molecule has 2 aromatic carbocycles. The van der Waals surface area contributed by atoms with Gasteiger partial charge in [-0.2, -0.15) is 13.2 Å². The number of carbonyl (C=O) groups is 2. The van der Waals surface area contributed by atoms with Gasteiger partial charge in [0.05, 0.1) is 18.7 Å². The van der Waals surface area contributed by atoms with Gasteiger partial charge in [-0.1, -0.05) is 87.0 Å². The molecule has 0 bridgehead atoms. The van der Waals surface area contributed by atoms with Crippen molar-refractivity contribution >= 4 is 11.9 Å². The molecule has 0 saturated heterocycles. The van der Waals surface area contributed by atoms with Crippen LogP contribution in [0.3, 0.4) is 0 Å². The highest BCUT2D eigenvalue weighted by atomic mass is 19.4. The maximum atomic E-state index is 12.9. The first-order valence-corrected chi connectivity index (χ1v) is 13.7. The second kappa shape index (κ2) is 17.4. The first-order chi connectivity index (χ1) is 19.1. The Morgan fingerprint density at radius 3 is 2.00 bits per heavy atom. The van der Waals surface area contributed by atoms with E-state index in [-0.39, 0.29) is 19.5 Å². The molecular formula is C31H38F3NO5. The molecule has 9 heteroatoms. The Bertz CT molecular complexity index is 1110. The maximum Gasteiger partial charge on any atom is 0.416 e. The second-order valence-electron chi connectivity index (χ2n) is 9.49. The molecular weight excluding hydrogens is 523 g/mol. The smallest absolute Gasteiger partial charge is 0.416 e. The van der Waals surface area contributed by atoms with E-state index in [0.717, 1.165) is 36.1 Å². The van der Waals surface area contributed by atoms with Gasteiger partial charge in [0, 0.05) is 18.9 Å². The van der Waals surface area contributed by atoms with Crippen LogP contribution in [0.5, 0.6) is 0 Å². The molecule has 0 aliphatic heterocycles. The molecule has 0 amide bonds. The minimum absolute atomic E-state index is 0.0234. The minimum atomic E-state index is -4.45. The highest BCUT2D eigenvalue weighted by Crippen LogP contribution is 2.29. The Morgan fingerprint density at radius 1 is 0.875 bits per heavy atom. The molecule has 2 aromatic rings. The SMILES string of the molecule is CCCCCCCCC#Cc1ccc(CN(Cc2ccc(C(F)(F)F)cc2)OOC(=O)C(CC)OC(C)=O)cc1. The minimum Gasteiger partial charge on any atom is -0.450 e. The van der Waals surface area contributed by atoms with Crippen LogP contribution in [0.1, 0.15) is 94.4 Å². The lowest BCUT2D eigenvalue weighted by atomic mass is 10.1. The zero-order valence-electron chi connectivity index (χ0n) is 23.4. The number of alkyl halides is 3. The summed E-state index contributed by atoms with van der Waals surface area (Å²) < 4.78 is 43.8. The van der Waals surface area contributed by atoms with Gasteiger partial charge >= 0.3 is 18.1 Å².